The molecule has 0 aromatic heterocycles. The van der Waals surface area contributed by atoms with Crippen LogP contribution in [0.2, 0.25) is 5.02 Å². The van der Waals surface area contributed by atoms with Crippen LogP contribution >= 0.6 is 11.6 Å². The van der Waals surface area contributed by atoms with Crippen LogP contribution in [0, 0.1) is 89.3 Å². The lowest BCUT2D eigenvalue weighted by molar-refractivity contribution is -0.0299. The molecule has 5 heterocycles. The first kappa shape index (κ1) is 89.0. The van der Waals surface area contributed by atoms with Crippen molar-refractivity contribution < 1.29 is 28.8 Å². The number of aryl methyl sites for hydroxylation is 1. The van der Waals surface area contributed by atoms with Gasteiger partial charge in [0, 0.05) is 55.4 Å². The average molecular weight is 1720 g/mol. The number of Topliss-reactive ketones (excluding diaryl/α,β-unsaturated/α-hetero) is 1. The number of methoxy groups -OCH3 is 3. The van der Waals surface area contributed by atoms with Crippen molar-refractivity contribution in [2.24, 2.45) is 71.0 Å². The Balaban J connectivity index is 0.000000107. The molecule has 5 saturated heterocycles. The summed E-state index contributed by atoms with van der Waals surface area (Å²) in [5, 5.41) is 21.5. The molecule has 0 spiro atoms. The van der Waals surface area contributed by atoms with E-state index in [4.69, 9.17) is 30.5 Å². The van der Waals surface area contributed by atoms with E-state index in [0.29, 0.717) is 28.3 Å². The maximum atomic E-state index is 12.6. The van der Waals surface area contributed by atoms with E-state index in [0.717, 1.165) is 175 Å². The van der Waals surface area contributed by atoms with E-state index in [-0.39, 0.29) is 12.4 Å². The van der Waals surface area contributed by atoms with E-state index in [2.05, 4.69) is 171 Å². The van der Waals surface area contributed by atoms with Crippen LogP contribution in [0.3, 0.4) is 0 Å². The highest BCUT2D eigenvalue weighted by Crippen LogP contribution is 2.53. The summed E-state index contributed by atoms with van der Waals surface area (Å²) >= 11 is 6.16. The summed E-state index contributed by atoms with van der Waals surface area (Å²) in [5.41, 5.74) is 9.62. The first-order valence-electron chi connectivity index (χ1n) is 49.9. The van der Waals surface area contributed by atoms with Crippen LogP contribution in [0.4, 0.5) is 0 Å². The molecule has 7 aromatic rings. The first-order valence-corrected chi connectivity index (χ1v) is 50.3. The average Bonchev–Trinajstić information content (AvgIpc) is 0.800. The number of ketones is 1. The fraction of sp³-hybridized carbons (Fsp3) is 0.575. The van der Waals surface area contributed by atoms with Gasteiger partial charge in [-0.25, -0.2) is 0 Å². The normalized spacial score (nSPS) is 30.2. The number of hydrogen-bond acceptors (Lipinski definition) is 12. The summed E-state index contributed by atoms with van der Waals surface area (Å²) in [7, 11) is 5.31. The number of nitrogens with zero attached hydrogens (tertiary/aromatic N) is 6. The first-order chi connectivity index (χ1) is 61.7. The van der Waals surface area contributed by atoms with Gasteiger partial charge in [-0.2, -0.15) is 5.26 Å². The summed E-state index contributed by atoms with van der Waals surface area (Å²) in [6.07, 6.45) is 47.1. The number of aliphatic hydroxyl groups is 1. The van der Waals surface area contributed by atoms with Gasteiger partial charge in [0.2, 0.25) is 5.78 Å². The minimum Gasteiger partial charge on any atom is -0.496 e. The van der Waals surface area contributed by atoms with E-state index in [1.54, 1.807) is 26.4 Å². The quantitative estimate of drug-likeness (QED) is 0.0579. The number of carbonyl (C=O) groups is 1. The lowest BCUT2D eigenvalue weighted by Crippen LogP contribution is -2.44. The van der Waals surface area contributed by atoms with Gasteiger partial charge in [0.1, 0.15) is 23.0 Å². The molecule has 0 amide bonds. The van der Waals surface area contributed by atoms with Crippen molar-refractivity contribution in [3.63, 3.8) is 0 Å². The van der Waals surface area contributed by atoms with E-state index in [1.165, 1.54) is 240 Å². The molecule has 13 fully saturated rings. The van der Waals surface area contributed by atoms with Gasteiger partial charge in [-0.05, 0) is 384 Å². The third-order valence-electron chi connectivity index (χ3n) is 34.5. The second kappa shape index (κ2) is 41.3. The molecule has 7 aromatic carbocycles. The number of halogens is 1. The van der Waals surface area contributed by atoms with E-state index >= 15 is 0 Å². The fourth-order valence-corrected chi connectivity index (χ4v) is 27.8. The predicted octanol–water partition coefficient (Wildman–Crippen LogP) is 23.8. The summed E-state index contributed by atoms with van der Waals surface area (Å²) in [6, 6.07) is 63.1. The van der Waals surface area contributed by atoms with Crippen LogP contribution in [0.15, 0.2) is 194 Å². The number of likely N-dealkylation sites (tertiary alicyclic amines) is 5. The topological polar surface area (TPSA) is 114 Å². The Labute approximate surface area is 760 Å². The molecule has 10 bridgehead atoms. The third-order valence-corrected chi connectivity index (χ3v) is 34.9. The van der Waals surface area contributed by atoms with Crippen LogP contribution in [-0.2, 0) is 11.0 Å². The number of para-hydroxylation sites is 3. The zero-order valence-electron chi connectivity index (χ0n) is 76.4. The molecule has 10 aliphatic carbocycles. The third kappa shape index (κ3) is 20.6. The summed E-state index contributed by atoms with van der Waals surface area (Å²) in [4.78, 5) is 26.2. The number of carbonyl (C=O) groups excluding carboxylic acids is 1. The van der Waals surface area contributed by atoms with E-state index in [9.17, 15) is 15.2 Å². The number of ether oxygens (including phenoxy) is 4. The maximum absolute atomic E-state index is 12.6. The number of fused-ring (bicyclic) bond motifs is 10. The van der Waals surface area contributed by atoms with Crippen molar-refractivity contribution in [3.8, 4) is 40.2 Å². The van der Waals surface area contributed by atoms with Gasteiger partial charge in [0.25, 0.3) is 0 Å². The Morgan fingerprint density at radius 1 is 0.429 bits per heavy atom. The Hall–Kier alpha value is -7.57. The standard InChI is InChI=1S/C26H30ClNO2.C25H31NO.C21H26N2O.C21H31NO.C20H27NO/c27-23-7-3-1-6-22(23)25(29)17-30-26-8-4-2-5-21(26)19-11-13-28(14-12-19)24-16-18-9-10-20(24)15-18;1-27-25-10-9-21(19-5-3-2-4-6-19)17-23(25)20-11-13-26(14-12-20)24-16-18-7-8-22(24)15-18;1-24-20-5-3-2-4-19(20)21(15-22)8-10-23(11-9-21)14-18-13-16-6-7-17(18)12-16;1-23-21-5-3-2-4-20(21)18-10-12-22(13-11-18)19-9-8-16-6-7-17(14-16)15-19;1-15-4-2-3-5-19(15)20(22)8-10-21(11-9-20)14-18-13-16-6-7-17(18)12-16/h1-8,18-20,24H,9-17H2;2-6,9-10,17-18,20,22,24H,7-8,11-16H2,1H3;2-7,16-18H,8-14H2,1H3;2-5,16-19H,6-15H2,1H3;2-7,16-18,22H,8-14H2,1H3/t18-,20?,24-;18-,22?,24-;16-,17?,18+;;/m010../s1. The second-order valence-corrected chi connectivity index (χ2v) is 42.1. The number of rotatable bonds is 20. The zero-order valence-corrected chi connectivity index (χ0v) is 77.2. The van der Waals surface area contributed by atoms with Crippen molar-refractivity contribution in [3.05, 3.63) is 238 Å². The molecule has 0 radical (unpaired) electrons. The molecule has 13 heteroatoms. The highest BCUT2D eigenvalue weighted by atomic mass is 35.5. The largest absolute Gasteiger partial charge is 0.496 e. The lowest BCUT2D eigenvalue weighted by atomic mass is 9.73. The van der Waals surface area contributed by atoms with Gasteiger partial charge < -0.3 is 48.6 Å². The molecule has 15 atom stereocenters. The van der Waals surface area contributed by atoms with E-state index < -0.39 is 11.0 Å². The van der Waals surface area contributed by atoms with Gasteiger partial charge in [-0.3, -0.25) is 4.79 Å². The second-order valence-electron chi connectivity index (χ2n) is 41.6. The summed E-state index contributed by atoms with van der Waals surface area (Å²) in [5.74, 6) is 16.7. The van der Waals surface area contributed by atoms with Gasteiger partial charge in [0.15, 0.2) is 6.61 Å². The van der Waals surface area contributed by atoms with E-state index in [1.807, 2.05) is 55.6 Å². The Morgan fingerprint density at radius 2 is 0.905 bits per heavy atom. The molecule has 5 aliphatic heterocycles. The van der Waals surface area contributed by atoms with Crippen LogP contribution in [0.1, 0.15) is 241 Å². The zero-order chi connectivity index (χ0) is 86.1. The van der Waals surface area contributed by atoms with Crippen molar-refractivity contribution in [2.45, 2.75) is 234 Å². The molecule has 1 N–H and O–H groups in total. The molecular weight excluding hydrogens is 1570 g/mol. The number of benzene rings is 7. The number of piperidine rings is 5. The molecule has 670 valence electrons. The van der Waals surface area contributed by atoms with Gasteiger partial charge >= 0.3 is 0 Å². The van der Waals surface area contributed by atoms with Crippen molar-refractivity contribution in [2.75, 3.05) is 106 Å². The van der Waals surface area contributed by atoms with Crippen LogP contribution in [0.5, 0.6) is 23.0 Å². The van der Waals surface area contributed by atoms with Crippen molar-refractivity contribution >= 4 is 17.4 Å². The predicted molar refractivity (Wildman–Crippen MR) is 511 cm³/mol. The summed E-state index contributed by atoms with van der Waals surface area (Å²) in [6.45, 7) is 16.1. The van der Waals surface area contributed by atoms with Crippen molar-refractivity contribution in [1.82, 2.24) is 24.5 Å². The molecule has 9 unspecified atom stereocenters. The van der Waals surface area contributed by atoms with Gasteiger partial charge in [0.05, 0.1) is 43.4 Å². The molecule has 22 rings (SSSR count). The lowest BCUT2D eigenvalue weighted by Gasteiger charge is -2.40. The molecular formula is C113H145ClN6O6. The highest BCUT2D eigenvalue weighted by molar-refractivity contribution is 6.34. The van der Waals surface area contributed by atoms with Gasteiger partial charge in [-0.15, -0.1) is 0 Å². The van der Waals surface area contributed by atoms with Crippen LogP contribution in [0.25, 0.3) is 11.1 Å². The number of nitriles is 1. The molecule has 15 aliphatic rings. The number of allylic oxidation sites excluding steroid dienone is 4. The minimum atomic E-state index is -0.615. The number of hydrogen-bond donors (Lipinski definition) is 1. The van der Waals surface area contributed by atoms with Crippen LogP contribution in [-0.4, -0.2) is 160 Å². The van der Waals surface area contributed by atoms with Crippen molar-refractivity contribution in [1.29, 1.82) is 5.26 Å². The summed E-state index contributed by atoms with van der Waals surface area (Å²) < 4.78 is 22.8. The Bertz CT molecular complexity index is 4830. The minimum absolute atomic E-state index is 0.0186. The van der Waals surface area contributed by atoms with Crippen LogP contribution < -0.4 is 18.9 Å². The molecule has 12 nitrogen and oxygen atoms in total. The smallest absolute Gasteiger partial charge is 0.201 e. The molecule has 126 heavy (non-hydrogen) atoms. The Kier molecular flexibility index (Phi) is 29.2. The SMILES string of the molecule is COc1ccc(-c2ccccc2)cc1C1CCN([C@@H]2C[C@@H]3CCC2C3)CC1.COc1ccccc1C1(C#N)CCN(C[C@H]2C[C@H]3C=CC2C3)CC1.COc1ccccc1C1CCN(C2CCC3CCC(C3)C2)CC1.Cc1ccccc1C1(O)CCN(CC2CC3C=CC2C3)CC1.O=C(COc1ccccc1C1CCN([C@H]2C[C@H]3CCC2C3)CC1)c1ccccc1Cl. The maximum Gasteiger partial charge on any atom is 0.201 e. The van der Waals surface area contributed by atoms with Gasteiger partial charge in [-0.1, -0.05) is 189 Å². The fourth-order valence-electron chi connectivity index (χ4n) is 27.6. The highest BCUT2D eigenvalue weighted by Gasteiger charge is 2.47. The Morgan fingerprint density at radius 3 is 1.44 bits per heavy atom. The monoisotopic (exact) mass is 1720 g/mol. The molecule has 8 saturated carbocycles.